The third-order valence-electron chi connectivity index (χ3n) is 3.98. The normalized spacial score (nSPS) is 17.1. The highest BCUT2D eigenvalue weighted by molar-refractivity contribution is 7.17. The molecule has 0 radical (unpaired) electrons. The van der Waals surface area contributed by atoms with Crippen LogP contribution in [0.2, 0.25) is 0 Å². The van der Waals surface area contributed by atoms with Crippen LogP contribution in [0.1, 0.15) is 17.8 Å². The van der Waals surface area contributed by atoms with Crippen LogP contribution in [-0.4, -0.2) is 34.1 Å². The average molecular weight is 331 g/mol. The Bertz CT molecular complexity index is 733. The number of piperidine rings is 1. The maximum atomic E-state index is 6.24. The highest BCUT2D eigenvalue weighted by Gasteiger charge is 2.22. The van der Waals surface area contributed by atoms with Crippen molar-refractivity contribution in [3.63, 3.8) is 0 Å². The van der Waals surface area contributed by atoms with Gasteiger partial charge in [0, 0.05) is 30.9 Å². The molecule has 0 N–H and O–H groups in total. The quantitative estimate of drug-likeness (QED) is 0.729. The van der Waals surface area contributed by atoms with Crippen LogP contribution >= 0.6 is 22.7 Å². The minimum atomic E-state index is 0.306. The van der Waals surface area contributed by atoms with Gasteiger partial charge in [-0.25, -0.2) is 4.98 Å². The van der Waals surface area contributed by atoms with Crippen LogP contribution in [0.25, 0.3) is 10.2 Å². The summed E-state index contributed by atoms with van der Waals surface area (Å²) >= 11 is 3.43. The molecule has 4 rings (SSSR count). The van der Waals surface area contributed by atoms with E-state index in [0.29, 0.717) is 6.10 Å². The van der Waals surface area contributed by atoms with Crippen LogP contribution in [0.3, 0.4) is 0 Å². The number of pyridine rings is 1. The number of nitrogens with zero attached hydrogens (tertiary/aromatic N) is 3. The van der Waals surface area contributed by atoms with Crippen molar-refractivity contribution in [1.82, 2.24) is 14.9 Å². The number of rotatable bonds is 4. The summed E-state index contributed by atoms with van der Waals surface area (Å²) in [6, 6.07) is 4.03. The molecule has 1 fully saturated rings. The first-order chi connectivity index (χ1) is 10.9. The fourth-order valence-electron chi connectivity index (χ4n) is 2.83. The zero-order chi connectivity index (χ0) is 14.8. The van der Waals surface area contributed by atoms with Gasteiger partial charge in [-0.3, -0.25) is 9.88 Å². The number of ether oxygens (including phenoxy) is 1. The second-order valence-electron chi connectivity index (χ2n) is 5.46. The van der Waals surface area contributed by atoms with Gasteiger partial charge in [0.1, 0.15) is 16.9 Å². The number of likely N-dealkylation sites (tertiary alicyclic amines) is 1. The molecule has 3 aromatic rings. The molecule has 0 aromatic carbocycles. The van der Waals surface area contributed by atoms with Crippen molar-refractivity contribution >= 4 is 32.9 Å². The Balaban J connectivity index is 1.37. The van der Waals surface area contributed by atoms with Gasteiger partial charge in [-0.05, 0) is 30.4 Å². The van der Waals surface area contributed by atoms with E-state index in [0.717, 1.165) is 48.4 Å². The lowest BCUT2D eigenvalue weighted by Crippen LogP contribution is -2.37. The minimum absolute atomic E-state index is 0.306. The molecule has 0 unspecified atom stereocenters. The van der Waals surface area contributed by atoms with Crippen LogP contribution in [-0.2, 0) is 6.54 Å². The molecule has 1 aliphatic heterocycles. The SMILES string of the molecule is c1csc(CN2CCC(Oc3ccnc4ccsc34)CC2)n1. The van der Waals surface area contributed by atoms with Gasteiger partial charge in [0.05, 0.1) is 16.8 Å². The van der Waals surface area contributed by atoms with Gasteiger partial charge >= 0.3 is 0 Å². The first-order valence-corrected chi connectivity index (χ1v) is 9.24. The summed E-state index contributed by atoms with van der Waals surface area (Å²) in [6.45, 7) is 3.11. The molecule has 0 saturated carbocycles. The van der Waals surface area contributed by atoms with Crippen LogP contribution in [0.5, 0.6) is 5.75 Å². The van der Waals surface area contributed by atoms with Gasteiger partial charge in [0.25, 0.3) is 0 Å². The van der Waals surface area contributed by atoms with Crippen LogP contribution < -0.4 is 4.74 Å². The summed E-state index contributed by atoms with van der Waals surface area (Å²) < 4.78 is 7.40. The van der Waals surface area contributed by atoms with Gasteiger partial charge in [-0.1, -0.05) is 0 Å². The average Bonchev–Trinajstić information content (AvgIpc) is 3.21. The molecule has 0 bridgehead atoms. The van der Waals surface area contributed by atoms with E-state index >= 15 is 0 Å². The van der Waals surface area contributed by atoms with E-state index in [9.17, 15) is 0 Å². The van der Waals surface area contributed by atoms with Crippen molar-refractivity contribution < 1.29 is 4.74 Å². The summed E-state index contributed by atoms with van der Waals surface area (Å²) in [4.78, 5) is 11.2. The van der Waals surface area contributed by atoms with E-state index in [-0.39, 0.29) is 0 Å². The summed E-state index contributed by atoms with van der Waals surface area (Å²) in [6.07, 6.45) is 6.16. The first kappa shape index (κ1) is 14.1. The number of hydrogen-bond donors (Lipinski definition) is 0. The zero-order valence-corrected chi connectivity index (χ0v) is 13.8. The second kappa shape index (κ2) is 6.32. The van der Waals surface area contributed by atoms with E-state index in [1.807, 2.05) is 29.9 Å². The molecular weight excluding hydrogens is 314 g/mol. The number of aromatic nitrogens is 2. The van der Waals surface area contributed by atoms with E-state index < -0.39 is 0 Å². The largest absolute Gasteiger partial charge is 0.489 e. The van der Waals surface area contributed by atoms with Crippen molar-refractivity contribution in [2.75, 3.05) is 13.1 Å². The summed E-state index contributed by atoms with van der Waals surface area (Å²) in [5, 5.41) is 5.32. The highest BCUT2D eigenvalue weighted by atomic mass is 32.1. The summed E-state index contributed by atoms with van der Waals surface area (Å²) in [5.74, 6) is 0.985. The molecule has 114 valence electrons. The highest BCUT2D eigenvalue weighted by Crippen LogP contribution is 2.31. The maximum absolute atomic E-state index is 6.24. The van der Waals surface area contributed by atoms with Crippen LogP contribution in [0.15, 0.2) is 35.3 Å². The molecule has 0 amide bonds. The summed E-state index contributed by atoms with van der Waals surface area (Å²) in [5.41, 5.74) is 1.03. The minimum Gasteiger partial charge on any atom is -0.489 e. The molecule has 0 aliphatic carbocycles. The molecule has 1 saturated heterocycles. The smallest absolute Gasteiger partial charge is 0.140 e. The molecule has 22 heavy (non-hydrogen) atoms. The van der Waals surface area contributed by atoms with Crippen molar-refractivity contribution in [2.24, 2.45) is 0 Å². The molecule has 0 atom stereocenters. The Kier molecular flexibility index (Phi) is 4.05. The third-order valence-corrected chi connectivity index (χ3v) is 5.66. The fraction of sp³-hybridized carbons (Fsp3) is 0.375. The van der Waals surface area contributed by atoms with Gasteiger partial charge < -0.3 is 4.74 Å². The number of hydrogen-bond acceptors (Lipinski definition) is 6. The Morgan fingerprint density at radius 2 is 2.00 bits per heavy atom. The Morgan fingerprint density at radius 3 is 2.82 bits per heavy atom. The predicted octanol–water partition coefficient (Wildman–Crippen LogP) is 3.80. The molecule has 4 heterocycles. The van der Waals surface area contributed by atoms with E-state index in [4.69, 9.17) is 4.74 Å². The number of fused-ring (bicyclic) bond motifs is 1. The van der Waals surface area contributed by atoms with E-state index in [1.165, 1.54) is 5.01 Å². The van der Waals surface area contributed by atoms with Crippen LogP contribution in [0, 0.1) is 0 Å². The van der Waals surface area contributed by atoms with Gasteiger partial charge in [-0.15, -0.1) is 22.7 Å². The van der Waals surface area contributed by atoms with E-state index in [2.05, 4.69) is 20.2 Å². The molecular formula is C16H17N3OS2. The zero-order valence-electron chi connectivity index (χ0n) is 12.1. The third kappa shape index (κ3) is 2.99. The number of thiophene rings is 1. The standard InChI is InChI=1S/C16H17N3OS2/c1-5-17-13-4-9-22-16(13)14(1)20-12-2-7-19(8-3-12)11-15-18-6-10-21-15/h1,4-6,9-10,12H,2-3,7-8,11H2. The Hall–Kier alpha value is -1.50. The van der Waals surface area contributed by atoms with Gasteiger partial charge in [-0.2, -0.15) is 0 Å². The number of thiazole rings is 1. The molecule has 1 aliphatic rings. The van der Waals surface area contributed by atoms with E-state index in [1.54, 1.807) is 22.7 Å². The van der Waals surface area contributed by atoms with Crippen molar-refractivity contribution in [2.45, 2.75) is 25.5 Å². The monoisotopic (exact) mass is 331 g/mol. The second-order valence-corrected chi connectivity index (χ2v) is 7.36. The lowest BCUT2D eigenvalue weighted by molar-refractivity contribution is 0.0980. The van der Waals surface area contributed by atoms with Crippen molar-refractivity contribution in [1.29, 1.82) is 0 Å². The first-order valence-electron chi connectivity index (χ1n) is 7.48. The molecule has 0 spiro atoms. The molecule has 3 aromatic heterocycles. The van der Waals surface area contributed by atoms with Gasteiger partial charge in [0.2, 0.25) is 0 Å². The molecule has 4 nitrogen and oxygen atoms in total. The van der Waals surface area contributed by atoms with Crippen LogP contribution in [0.4, 0.5) is 0 Å². The lowest BCUT2D eigenvalue weighted by atomic mass is 10.1. The van der Waals surface area contributed by atoms with Crippen molar-refractivity contribution in [3.05, 3.63) is 40.3 Å². The predicted molar refractivity (Wildman–Crippen MR) is 90.7 cm³/mol. The van der Waals surface area contributed by atoms with Crippen molar-refractivity contribution in [3.8, 4) is 5.75 Å². The Labute approximate surface area is 137 Å². The lowest BCUT2D eigenvalue weighted by Gasteiger charge is -2.31. The van der Waals surface area contributed by atoms with Gasteiger partial charge in [0.15, 0.2) is 0 Å². The molecule has 6 heteroatoms. The topological polar surface area (TPSA) is 38.2 Å². The summed E-state index contributed by atoms with van der Waals surface area (Å²) in [7, 11) is 0. The maximum Gasteiger partial charge on any atom is 0.140 e. The fourth-order valence-corrected chi connectivity index (χ4v) is 4.29. The Morgan fingerprint density at radius 1 is 1.09 bits per heavy atom.